The lowest BCUT2D eigenvalue weighted by Crippen LogP contribution is -2.49. The predicted octanol–water partition coefficient (Wildman–Crippen LogP) is 4.20. The summed E-state index contributed by atoms with van der Waals surface area (Å²) >= 11 is 16.9. The molecule has 8 heteroatoms. The Labute approximate surface area is 155 Å². The van der Waals surface area contributed by atoms with Gasteiger partial charge in [-0.3, -0.25) is 5.41 Å². The molecule has 1 fully saturated rings. The monoisotopic (exact) mass is 393 g/mol. The molecule has 0 amide bonds. The molecule has 0 bridgehead atoms. The van der Waals surface area contributed by atoms with Gasteiger partial charge in [-0.05, 0) is 18.1 Å². The normalized spacial score (nSPS) is 27.4. The minimum absolute atomic E-state index is 0.0559. The molecule has 0 aliphatic carbocycles. The molecule has 0 saturated carbocycles. The van der Waals surface area contributed by atoms with E-state index >= 15 is 0 Å². The fourth-order valence-electron chi connectivity index (χ4n) is 2.28. The largest absolute Gasteiger partial charge is 0.452 e. The molecule has 1 unspecified atom stereocenters. The van der Waals surface area contributed by atoms with Crippen LogP contribution in [0.5, 0.6) is 0 Å². The molecule has 1 aliphatic rings. The number of benzene rings is 1. The Hall–Kier alpha value is -1.01. The Morgan fingerprint density at radius 1 is 1.21 bits per heavy atom. The third-order valence-corrected chi connectivity index (χ3v) is 4.47. The van der Waals surface area contributed by atoms with Gasteiger partial charge in [-0.25, -0.2) is 4.79 Å². The molecule has 1 heterocycles. The number of ether oxygens (including phenoxy) is 3. The summed E-state index contributed by atoms with van der Waals surface area (Å²) in [6, 6.07) is 8.59. The maximum atomic E-state index is 12.3. The van der Waals surface area contributed by atoms with E-state index < -0.39 is 28.1 Å². The molecule has 24 heavy (non-hydrogen) atoms. The van der Waals surface area contributed by atoms with Crippen molar-refractivity contribution in [1.29, 1.82) is 5.41 Å². The van der Waals surface area contributed by atoms with E-state index in [1.54, 1.807) is 30.3 Å². The van der Waals surface area contributed by atoms with Crippen molar-refractivity contribution in [3.05, 3.63) is 35.9 Å². The first-order chi connectivity index (χ1) is 11.2. The van der Waals surface area contributed by atoms with Gasteiger partial charge in [0.2, 0.25) is 12.2 Å². The predicted molar refractivity (Wildman–Crippen MR) is 92.8 cm³/mol. The van der Waals surface area contributed by atoms with Crippen LogP contribution in [-0.4, -0.2) is 34.7 Å². The fraction of sp³-hybridized carbons (Fsp3) is 0.500. The lowest BCUT2D eigenvalue weighted by Gasteiger charge is -2.39. The molecule has 0 radical (unpaired) electrons. The topological polar surface area (TPSA) is 68.6 Å². The van der Waals surface area contributed by atoms with Crippen LogP contribution in [0, 0.1) is 17.2 Å². The number of rotatable bonds is 3. The zero-order valence-corrected chi connectivity index (χ0v) is 15.4. The molecule has 1 aromatic carbocycles. The van der Waals surface area contributed by atoms with Crippen LogP contribution < -0.4 is 0 Å². The van der Waals surface area contributed by atoms with Gasteiger partial charge < -0.3 is 14.2 Å². The van der Waals surface area contributed by atoms with E-state index in [-0.39, 0.29) is 11.8 Å². The molecule has 2 rings (SSSR count). The number of nitrogens with one attached hydrogen (secondary N) is 1. The quantitative estimate of drug-likeness (QED) is 0.361. The Bertz CT molecular complexity index is 591. The van der Waals surface area contributed by atoms with Gasteiger partial charge in [0.25, 0.3) is 3.79 Å². The Morgan fingerprint density at radius 3 is 2.42 bits per heavy atom. The number of alkyl halides is 3. The third-order valence-electron chi connectivity index (χ3n) is 3.95. The van der Waals surface area contributed by atoms with Crippen molar-refractivity contribution in [3.8, 4) is 0 Å². The third kappa shape index (κ3) is 4.76. The van der Waals surface area contributed by atoms with Crippen LogP contribution in [-0.2, 0) is 14.2 Å². The van der Waals surface area contributed by atoms with E-state index in [0.717, 1.165) is 0 Å². The lowest BCUT2D eigenvalue weighted by molar-refractivity contribution is -0.211. The van der Waals surface area contributed by atoms with E-state index in [1.807, 2.05) is 13.8 Å². The molecule has 1 N–H and O–H groups in total. The van der Waals surface area contributed by atoms with Crippen LogP contribution in [0.2, 0.25) is 0 Å². The van der Waals surface area contributed by atoms with Crippen molar-refractivity contribution in [3.63, 3.8) is 0 Å². The summed E-state index contributed by atoms with van der Waals surface area (Å²) in [6.07, 6.45) is -1.74. The van der Waals surface area contributed by atoms with Crippen LogP contribution in [0.4, 0.5) is 0 Å². The van der Waals surface area contributed by atoms with Crippen molar-refractivity contribution in [2.45, 2.75) is 30.0 Å². The molecule has 132 valence electrons. The second kappa shape index (κ2) is 7.91. The average Bonchev–Trinajstić information content (AvgIpc) is 2.54. The first-order valence-electron chi connectivity index (χ1n) is 7.40. The minimum atomic E-state index is -2.01. The van der Waals surface area contributed by atoms with Gasteiger partial charge in [-0.2, -0.15) is 0 Å². The zero-order valence-electron chi connectivity index (χ0n) is 13.2. The summed E-state index contributed by atoms with van der Waals surface area (Å²) in [4.78, 5) is 12.3. The average molecular weight is 395 g/mol. The molecule has 1 aromatic rings. The van der Waals surface area contributed by atoms with Crippen LogP contribution >= 0.6 is 34.8 Å². The summed E-state index contributed by atoms with van der Waals surface area (Å²) in [5.41, 5.74) is 0.415. The van der Waals surface area contributed by atoms with Crippen LogP contribution in [0.3, 0.4) is 0 Å². The number of esters is 1. The maximum absolute atomic E-state index is 12.3. The second-order valence-corrected chi connectivity index (χ2v) is 8.00. The molecule has 0 aromatic heterocycles. The van der Waals surface area contributed by atoms with Crippen LogP contribution in [0.25, 0.3) is 0 Å². The minimum Gasteiger partial charge on any atom is -0.452 e. The molecule has 0 spiro atoms. The molecule has 1 aliphatic heterocycles. The first kappa shape index (κ1) is 19.3. The standard InChI is InChI=1S/C16H18Cl3NO4/c1-9-8-22-14(24-15(20)16(17,18)19)12(10(9)2)23-13(21)11-6-4-3-5-7-11/h3-7,9-10,12,14,20H,8H2,1-2H3/t9-,10+,12?,14-/m0/s1. The molecular weight excluding hydrogens is 377 g/mol. The van der Waals surface area contributed by atoms with Gasteiger partial charge in [-0.15, -0.1) is 0 Å². The lowest BCUT2D eigenvalue weighted by atomic mass is 9.88. The van der Waals surface area contributed by atoms with Crippen molar-refractivity contribution in [2.75, 3.05) is 6.61 Å². The van der Waals surface area contributed by atoms with E-state index in [4.69, 9.17) is 54.4 Å². The van der Waals surface area contributed by atoms with Gasteiger partial charge in [0.1, 0.15) is 0 Å². The summed E-state index contributed by atoms with van der Waals surface area (Å²) in [5, 5.41) is 7.69. The SMILES string of the molecule is C[C@H]1CO[C@@H](OC(=N)C(Cl)(Cl)Cl)C(OC(=O)c2ccccc2)[C@@H]1C. The van der Waals surface area contributed by atoms with Crippen LogP contribution in [0.15, 0.2) is 30.3 Å². The fourth-order valence-corrected chi connectivity index (χ4v) is 2.41. The van der Waals surface area contributed by atoms with E-state index in [0.29, 0.717) is 12.2 Å². The number of hydrogen-bond donors (Lipinski definition) is 1. The van der Waals surface area contributed by atoms with Gasteiger partial charge in [0.15, 0.2) is 6.10 Å². The van der Waals surface area contributed by atoms with Gasteiger partial charge in [0, 0.05) is 5.92 Å². The Balaban J connectivity index is 2.14. The van der Waals surface area contributed by atoms with Gasteiger partial charge in [-0.1, -0.05) is 66.8 Å². The van der Waals surface area contributed by atoms with Crippen molar-refractivity contribution in [1.82, 2.24) is 0 Å². The smallest absolute Gasteiger partial charge is 0.338 e. The number of carbonyl (C=O) groups is 1. The Kier molecular flexibility index (Phi) is 6.37. The summed E-state index contributed by atoms with van der Waals surface area (Å²) < 4.78 is 14.4. The summed E-state index contributed by atoms with van der Waals surface area (Å²) in [7, 11) is 0. The molecular formula is C16H18Cl3NO4. The maximum Gasteiger partial charge on any atom is 0.338 e. The van der Waals surface area contributed by atoms with Crippen molar-refractivity contribution >= 4 is 46.7 Å². The summed E-state index contributed by atoms with van der Waals surface area (Å²) in [6.45, 7) is 4.29. The van der Waals surface area contributed by atoms with E-state index in [2.05, 4.69) is 0 Å². The van der Waals surface area contributed by atoms with Crippen molar-refractivity contribution in [2.24, 2.45) is 11.8 Å². The van der Waals surface area contributed by atoms with Crippen LogP contribution in [0.1, 0.15) is 24.2 Å². The first-order valence-corrected chi connectivity index (χ1v) is 8.53. The number of carbonyl (C=O) groups excluding carboxylic acids is 1. The highest BCUT2D eigenvalue weighted by Crippen LogP contribution is 2.33. The highest BCUT2D eigenvalue weighted by molar-refractivity contribution is 6.76. The summed E-state index contributed by atoms with van der Waals surface area (Å²) in [5.74, 6) is -1.00. The zero-order chi connectivity index (χ0) is 17.9. The van der Waals surface area contributed by atoms with E-state index in [1.165, 1.54) is 0 Å². The molecule has 1 saturated heterocycles. The number of hydrogen-bond acceptors (Lipinski definition) is 5. The van der Waals surface area contributed by atoms with E-state index in [9.17, 15) is 4.79 Å². The second-order valence-electron chi connectivity index (χ2n) is 5.72. The molecule has 4 atom stereocenters. The van der Waals surface area contributed by atoms with Gasteiger partial charge in [0.05, 0.1) is 12.2 Å². The van der Waals surface area contributed by atoms with Crippen molar-refractivity contribution < 1.29 is 19.0 Å². The highest BCUT2D eigenvalue weighted by Gasteiger charge is 2.43. The van der Waals surface area contributed by atoms with Gasteiger partial charge >= 0.3 is 5.97 Å². The number of halogens is 3. The molecule has 5 nitrogen and oxygen atoms in total. The highest BCUT2D eigenvalue weighted by atomic mass is 35.6. The Morgan fingerprint density at radius 2 is 1.83 bits per heavy atom.